The fourth-order valence-electron chi connectivity index (χ4n) is 11.9. The molecule has 0 aromatic heterocycles. The zero-order chi connectivity index (χ0) is 21.1. The van der Waals surface area contributed by atoms with Crippen molar-refractivity contribution in [1.29, 1.82) is 0 Å². The van der Waals surface area contributed by atoms with E-state index in [0.29, 0.717) is 34.5 Å². The summed E-state index contributed by atoms with van der Waals surface area (Å²) in [7, 11) is 0. The Hall–Kier alpha value is -0.210. The molecular weight excluding hydrogens is 381 g/mol. The van der Waals surface area contributed by atoms with E-state index in [0.717, 1.165) is 56.3 Å². The van der Waals surface area contributed by atoms with Crippen molar-refractivity contribution in [3.8, 4) is 0 Å². The molecule has 6 aliphatic rings. The van der Waals surface area contributed by atoms with Crippen LogP contribution >= 0.6 is 0 Å². The van der Waals surface area contributed by atoms with Gasteiger partial charge in [-0.3, -0.25) is 0 Å². The van der Waals surface area contributed by atoms with Crippen molar-refractivity contribution in [2.24, 2.45) is 70.0 Å². The van der Waals surface area contributed by atoms with Crippen LogP contribution in [-0.4, -0.2) is 6.18 Å². The van der Waals surface area contributed by atoms with Crippen molar-refractivity contribution in [2.75, 3.05) is 0 Å². The first-order valence-corrected chi connectivity index (χ1v) is 13.4. The molecule has 30 heavy (non-hydrogen) atoms. The standard InChI is InChI=1S/C27H41F3/c1-4-21-22(5-2)26-14-25(21,26)13-20-18-11-17(24(20)26)12-19(18)23(27(28,29)30)15(3)16-9-7-6-8-10-16/h15-24H,4-14H2,1-3H3. The van der Waals surface area contributed by atoms with Gasteiger partial charge in [0, 0.05) is 0 Å². The van der Waals surface area contributed by atoms with Gasteiger partial charge in [0.15, 0.2) is 0 Å². The third-order valence-corrected chi connectivity index (χ3v) is 12.4. The van der Waals surface area contributed by atoms with Crippen molar-refractivity contribution in [1.82, 2.24) is 0 Å². The monoisotopic (exact) mass is 422 g/mol. The maximum absolute atomic E-state index is 14.5. The van der Waals surface area contributed by atoms with Crippen LogP contribution in [-0.2, 0) is 0 Å². The van der Waals surface area contributed by atoms with E-state index in [-0.39, 0.29) is 11.8 Å². The van der Waals surface area contributed by atoms with Crippen LogP contribution in [0.15, 0.2) is 0 Å². The summed E-state index contributed by atoms with van der Waals surface area (Å²) in [5.41, 5.74) is 1.16. The topological polar surface area (TPSA) is 0 Å². The summed E-state index contributed by atoms with van der Waals surface area (Å²) < 4.78 is 43.6. The van der Waals surface area contributed by atoms with Crippen molar-refractivity contribution in [2.45, 2.75) is 97.6 Å². The second kappa shape index (κ2) is 6.43. The summed E-state index contributed by atoms with van der Waals surface area (Å²) in [6, 6.07) is 0. The first kappa shape index (κ1) is 20.4. The third kappa shape index (κ3) is 2.27. The van der Waals surface area contributed by atoms with Crippen molar-refractivity contribution in [3.63, 3.8) is 0 Å². The van der Waals surface area contributed by atoms with Crippen molar-refractivity contribution < 1.29 is 13.2 Å². The molecule has 6 saturated carbocycles. The van der Waals surface area contributed by atoms with Crippen molar-refractivity contribution in [3.05, 3.63) is 0 Å². The molecule has 0 amide bonds. The van der Waals surface area contributed by atoms with Crippen LogP contribution < -0.4 is 0 Å². The molecule has 0 spiro atoms. The van der Waals surface area contributed by atoms with Gasteiger partial charge in [-0.25, -0.2) is 0 Å². The van der Waals surface area contributed by atoms with Crippen LogP contribution in [0.2, 0.25) is 0 Å². The van der Waals surface area contributed by atoms with Gasteiger partial charge in [0.1, 0.15) is 0 Å². The van der Waals surface area contributed by atoms with Gasteiger partial charge < -0.3 is 0 Å². The van der Waals surface area contributed by atoms with E-state index in [9.17, 15) is 13.2 Å². The molecule has 0 heterocycles. The number of fused-ring (bicyclic) bond motifs is 5. The Kier molecular flexibility index (Phi) is 4.37. The average molecular weight is 423 g/mol. The van der Waals surface area contributed by atoms with Crippen LogP contribution in [0.3, 0.4) is 0 Å². The van der Waals surface area contributed by atoms with Gasteiger partial charge in [-0.1, -0.05) is 65.7 Å². The SMILES string of the molecule is CCC1C(CC)C23CC12CC1C2CC(CC2C(C(C)C2CCCCC2)C(F)(F)F)C13. The van der Waals surface area contributed by atoms with E-state index < -0.39 is 12.1 Å². The minimum atomic E-state index is -4.02. The highest BCUT2D eigenvalue weighted by molar-refractivity contribution is 5.38. The van der Waals surface area contributed by atoms with Gasteiger partial charge in [0.05, 0.1) is 5.92 Å². The molecule has 0 aromatic rings. The highest BCUT2D eigenvalue weighted by Crippen LogP contribution is 2.96. The molecule has 0 nitrogen and oxygen atoms in total. The minimum absolute atomic E-state index is 0.0713. The highest BCUT2D eigenvalue weighted by atomic mass is 19.4. The largest absolute Gasteiger partial charge is 0.392 e. The summed E-state index contributed by atoms with van der Waals surface area (Å²) >= 11 is 0. The Labute approximate surface area is 181 Å². The van der Waals surface area contributed by atoms with Crippen molar-refractivity contribution >= 4 is 0 Å². The lowest BCUT2D eigenvalue weighted by atomic mass is 9.53. The van der Waals surface area contributed by atoms with E-state index in [1.165, 1.54) is 32.1 Å². The fraction of sp³-hybridized carbons (Fsp3) is 1.00. The number of alkyl halides is 3. The molecule has 11 unspecified atom stereocenters. The van der Waals surface area contributed by atoms with Gasteiger partial charge >= 0.3 is 6.18 Å². The van der Waals surface area contributed by atoms with E-state index in [1.54, 1.807) is 0 Å². The summed E-state index contributed by atoms with van der Waals surface area (Å²) in [6.45, 7) is 6.71. The number of rotatable bonds is 5. The molecule has 0 aromatic carbocycles. The quantitative estimate of drug-likeness (QED) is 0.420. The Morgan fingerprint density at radius 1 is 0.933 bits per heavy atom. The summed E-state index contributed by atoms with van der Waals surface area (Å²) in [5.74, 6) is 3.21. The lowest BCUT2D eigenvalue weighted by molar-refractivity contribution is -0.217. The van der Waals surface area contributed by atoms with Crippen LogP contribution in [0.5, 0.6) is 0 Å². The minimum Gasteiger partial charge on any atom is -0.171 e. The Morgan fingerprint density at radius 3 is 2.27 bits per heavy atom. The molecule has 3 heteroatoms. The second-order valence-corrected chi connectivity index (χ2v) is 12.7. The van der Waals surface area contributed by atoms with Gasteiger partial charge in [-0.2, -0.15) is 13.2 Å². The molecular formula is C27H41F3. The zero-order valence-corrected chi connectivity index (χ0v) is 19.2. The van der Waals surface area contributed by atoms with Gasteiger partial charge in [-0.15, -0.1) is 0 Å². The number of hydrogen-bond acceptors (Lipinski definition) is 0. The zero-order valence-electron chi connectivity index (χ0n) is 19.2. The van der Waals surface area contributed by atoms with Crippen LogP contribution in [0.1, 0.15) is 91.4 Å². The first-order chi connectivity index (χ1) is 14.3. The van der Waals surface area contributed by atoms with Gasteiger partial charge in [0.2, 0.25) is 0 Å². The molecule has 0 aliphatic heterocycles. The van der Waals surface area contributed by atoms with E-state index >= 15 is 0 Å². The molecule has 6 fully saturated rings. The molecule has 2 bridgehead atoms. The fourth-order valence-corrected chi connectivity index (χ4v) is 11.9. The maximum atomic E-state index is 14.5. The molecule has 0 saturated heterocycles. The lowest BCUT2D eigenvalue weighted by Crippen LogP contribution is -2.47. The van der Waals surface area contributed by atoms with Crippen LogP contribution in [0, 0.1) is 70.0 Å². The smallest absolute Gasteiger partial charge is 0.171 e. The lowest BCUT2D eigenvalue weighted by Gasteiger charge is -2.51. The van der Waals surface area contributed by atoms with Crippen LogP contribution in [0.4, 0.5) is 13.2 Å². The molecule has 6 aliphatic carbocycles. The average Bonchev–Trinajstić information content (AvgIpc) is 3.05. The molecule has 6 rings (SSSR count). The molecule has 0 radical (unpaired) electrons. The van der Waals surface area contributed by atoms with Crippen LogP contribution in [0.25, 0.3) is 0 Å². The summed E-state index contributed by atoms with van der Waals surface area (Å²) in [6.07, 6.45) is 8.91. The molecule has 170 valence electrons. The maximum Gasteiger partial charge on any atom is 0.392 e. The predicted molar refractivity (Wildman–Crippen MR) is 114 cm³/mol. The highest BCUT2D eigenvalue weighted by Gasteiger charge is 2.90. The summed E-state index contributed by atoms with van der Waals surface area (Å²) in [5, 5.41) is 0. The van der Waals surface area contributed by atoms with E-state index in [4.69, 9.17) is 0 Å². The third-order valence-electron chi connectivity index (χ3n) is 12.4. The summed E-state index contributed by atoms with van der Waals surface area (Å²) in [4.78, 5) is 0. The number of hydrogen-bond donors (Lipinski definition) is 0. The number of halogens is 3. The Balaban J connectivity index is 1.26. The Bertz CT molecular complexity index is 693. The molecule has 0 N–H and O–H groups in total. The van der Waals surface area contributed by atoms with E-state index in [1.807, 2.05) is 6.92 Å². The first-order valence-electron chi connectivity index (χ1n) is 13.4. The predicted octanol–water partition coefficient (Wildman–Crippen LogP) is 8.12. The van der Waals surface area contributed by atoms with E-state index in [2.05, 4.69) is 13.8 Å². The Morgan fingerprint density at radius 2 is 1.63 bits per heavy atom. The normalized spacial score (nSPS) is 53.6. The van der Waals surface area contributed by atoms with Gasteiger partial charge in [0.25, 0.3) is 0 Å². The van der Waals surface area contributed by atoms with Gasteiger partial charge in [-0.05, 0) is 89.8 Å². The molecule has 11 atom stereocenters. The second-order valence-electron chi connectivity index (χ2n) is 12.7.